The Labute approximate surface area is 160 Å². The van der Waals surface area contributed by atoms with Gasteiger partial charge >= 0.3 is 0 Å². The van der Waals surface area contributed by atoms with Crippen LogP contribution in [-0.4, -0.2) is 31.9 Å². The van der Waals surface area contributed by atoms with Gasteiger partial charge in [-0.2, -0.15) is 0 Å². The number of anilines is 1. The van der Waals surface area contributed by atoms with E-state index in [1.807, 2.05) is 12.1 Å². The maximum Gasteiger partial charge on any atom is 0.256 e. The van der Waals surface area contributed by atoms with Crippen LogP contribution in [0.4, 0.5) is 5.69 Å². The number of amides is 1. The number of tetrazole rings is 1. The number of nitrogens with one attached hydrogen (secondary N) is 1. The van der Waals surface area contributed by atoms with Crippen molar-refractivity contribution < 1.29 is 9.59 Å². The number of rotatable bonds is 5. The first-order valence-corrected chi connectivity index (χ1v) is 8.56. The largest absolute Gasteiger partial charge is 0.322 e. The summed E-state index contributed by atoms with van der Waals surface area (Å²) < 4.78 is 1.49. The van der Waals surface area contributed by atoms with E-state index >= 15 is 0 Å². The molecule has 0 fully saturated rings. The van der Waals surface area contributed by atoms with Crippen molar-refractivity contribution in [3.05, 3.63) is 102 Å². The Kier molecular flexibility index (Phi) is 4.71. The van der Waals surface area contributed by atoms with Gasteiger partial charge in [0.2, 0.25) is 0 Å². The third kappa shape index (κ3) is 3.54. The Balaban J connectivity index is 1.61. The van der Waals surface area contributed by atoms with E-state index in [-0.39, 0.29) is 11.7 Å². The maximum absolute atomic E-state index is 12.9. The third-order valence-corrected chi connectivity index (χ3v) is 4.17. The number of carbonyl (C=O) groups excluding carboxylic acids is 2. The number of hydrogen-bond donors (Lipinski definition) is 1. The van der Waals surface area contributed by atoms with Crippen molar-refractivity contribution in [1.29, 1.82) is 0 Å². The molecular weight excluding hydrogens is 354 g/mol. The Morgan fingerprint density at radius 2 is 1.57 bits per heavy atom. The molecule has 1 amide bonds. The predicted octanol–water partition coefficient (Wildman–Crippen LogP) is 3.15. The summed E-state index contributed by atoms with van der Waals surface area (Å²) in [6.45, 7) is 0. The minimum absolute atomic E-state index is 0.200. The van der Waals surface area contributed by atoms with Gasteiger partial charge in [0, 0.05) is 16.8 Å². The lowest BCUT2D eigenvalue weighted by molar-refractivity contribution is 0.0996. The second-order valence-electron chi connectivity index (χ2n) is 6.00. The number of benzene rings is 3. The topological polar surface area (TPSA) is 89.8 Å². The molecule has 0 spiro atoms. The fraction of sp³-hybridized carbons (Fsp3) is 0. The highest BCUT2D eigenvalue weighted by atomic mass is 16.2. The molecular formula is C21H15N5O2. The van der Waals surface area contributed by atoms with Crippen molar-refractivity contribution in [3.8, 4) is 5.69 Å². The first-order valence-electron chi connectivity index (χ1n) is 8.56. The van der Waals surface area contributed by atoms with Crippen molar-refractivity contribution in [3.63, 3.8) is 0 Å². The molecule has 4 rings (SSSR count). The van der Waals surface area contributed by atoms with Gasteiger partial charge in [0.1, 0.15) is 6.33 Å². The number of nitrogens with zero attached hydrogens (tertiary/aromatic N) is 4. The van der Waals surface area contributed by atoms with Crippen LogP contribution in [-0.2, 0) is 0 Å². The number of carbonyl (C=O) groups is 2. The van der Waals surface area contributed by atoms with Crippen LogP contribution >= 0.6 is 0 Å². The molecule has 1 heterocycles. The van der Waals surface area contributed by atoms with Gasteiger partial charge in [-0.15, -0.1) is 5.10 Å². The lowest BCUT2D eigenvalue weighted by Gasteiger charge is -2.10. The monoisotopic (exact) mass is 369 g/mol. The average molecular weight is 369 g/mol. The molecule has 0 aliphatic carbocycles. The minimum Gasteiger partial charge on any atom is -0.322 e. The summed E-state index contributed by atoms with van der Waals surface area (Å²) in [5.74, 6) is -0.567. The van der Waals surface area contributed by atoms with Crippen LogP contribution < -0.4 is 5.32 Å². The summed E-state index contributed by atoms with van der Waals surface area (Å²) in [6, 6.07) is 22.8. The first-order chi connectivity index (χ1) is 13.7. The first kappa shape index (κ1) is 17.3. The van der Waals surface area contributed by atoms with Crippen molar-refractivity contribution in [1.82, 2.24) is 20.2 Å². The molecule has 4 aromatic rings. The lowest BCUT2D eigenvalue weighted by atomic mass is 9.98. The maximum atomic E-state index is 12.9. The van der Waals surface area contributed by atoms with Gasteiger partial charge in [0.15, 0.2) is 5.78 Å². The Hall–Kier alpha value is -4.13. The molecule has 0 aliphatic heterocycles. The normalized spacial score (nSPS) is 10.4. The van der Waals surface area contributed by atoms with Gasteiger partial charge in [-0.25, -0.2) is 4.68 Å². The molecule has 7 heteroatoms. The molecule has 7 nitrogen and oxygen atoms in total. The van der Waals surface area contributed by atoms with E-state index in [0.29, 0.717) is 28.1 Å². The van der Waals surface area contributed by atoms with Crippen LogP contribution in [0.2, 0.25) is 0 Å². The van der Waals surface area contributed by atoms with E-state index in [0.717, 1.165) is 0 Å². The Morgan fingerprint density at radius 1 is 0.821 bits per heavy atom. The minimum atomic E-state index is -0.367. The lowest BCUT2D eigenvalue weighted by Crippen LogP contribution is -2.17. The molecule has 136 valence electrons. The molecule has 0 unspecified atom stereocenters. The van der Waals surface area contributed by atoms with Crippen LogP contribution in [0.1, 0.15) is 26.3 Å². The van der Waals surface area contributed by atoms with Crippen LogP contribution in [0, 0.1) is 0 Å². The van der Waals surface area contributed by atoms with Gasteiger partial charge < -0.3 is 5.32 Å². The zero-order valence-corrected chi connectivity index (χ0v) is 14.7. The summed E-state index contributed by atoms with van der Waals surface area (Å²) in [7, 11) is 0. The van der Waals surface area contributed by atoms with E-state index in [2.05, 4.69) is 20.8 Å². The highest BCUT2D eigenvalue weighted by molar-refractivity contribution is 6.17. The summed E-state index contributed by atoms with van der Waals surface area (Å²) in [5.41, 5.74) is 2.46. The molecule has 1 N–H and O–H groups in total. The summed E-state index contributed by atoms with van der Waals surface area (Å²) in [4.78, 5) is 25.7. The van der Waals surface area contributed by atoms with Gasteiger partial charge in [-0.3, -0.25) is 9.59 Å². The van der Waals surface area contributed by atoms with Crippen LogP contribution in [0.25, 0.3) is 5.69 Å². The molecule has 28 heavy (non-hydrogen) atoms. The molecule has 0 aliphatic rings. The van der Waals surface area contributed by atoms with Gasteiger partial charge in [0.05, 0.1) is 11.3 Å². The fourth-order valence-corrected chi connectivity index (χ4v) is 2.83. The quantitative estimate of drug-likeness (QED) is 0.546. The zero-order valence-electron chi connectivity index (χ0n) is 14.7. The van der Waals surface area contributed by atoms with Crippen molar-refractivity contribution in [2.24, 2.45) is 0 Å². The smallest absolute Gasteiger partial charge is 0.256 e. The summed E-state index contributed by atoms with van der Waals surface area (Å²) in [6.07, 6.45) is 1.47. The zero-order chi connectivity index (χ0) is 19.3. The molecule has 1 aromatic heterocycles. The van der Waals surface area contributed by atoms with Crippen LogP contribution in [0.15, 0.2) is 85.2 Å². The standard InChI is InChI=1S/C21H15N5O2/c27-20(15-7-2-1-3-8-15)18-11-4-5-12-19(18)21(28)23-16-9-6-10-17(13-16)26-14-22-24-25-26/h1-14H,(H,23,28). The van der Waals surface area contributed by atoms with Crippen LogP contribution in [0.5, 0.6) is 0 Å². The molecule has 0 radical (unpaired) electrons. The number of hydrogen-bond acceptors (Lipinski definition) is 5. The molecule has 0 atom stereocenters. The SMILES string of the molecule is O=C(Nc1cccc(-n2cnnn2)c1)c1ccccc1C(=O)c1ccccc1. The third-order valence-electron chi connectivity index (χ3n) is 4.17. The average Bonchev–Trinajstić information content (AvgIpc) is 3.29. The predicted molar refractivity (Wildman–Crippen MR) is 103 cm³/mol. The second-order valence-corrected chi connectivity index (χ2v) is 6.00. The number of aromatic nitrogens is 4. The highest BCUT2D eigenvalue weighted by Gasteiger charge is 2.18. The van der Waals surface area contributed by atoms with Crippen molar-refractivity contribution in [2.45, 2.75) is 0 Å². The van der Waals surface area contributed by atoms with Crippen molar-refractivity contribution >= 4 is 17.4 Å². The molecule has 0 saturated carbocycles. The molecule has 0 saturated heterocycles. The van der Waals surface area contributed by atoms with E-state index in [9.17, 15) is 9.59 Å². The van der Waals surface area contributed by atoms with Gasteiger partial charge in [-0.05, 0) is 34.7 Å². The van der Waals surface area contributed by atoms with Gasteiger partial charge in [-0.1, -0.05) is 54.6 Å². The fourth-order valence-electron chi connectivity index (χ4n) is 2.83. The highest BCUT2D eigenvalue weighted by Crippen LogP contribution is 2.18. The van der Waals surface area contributed by atoms with Gasteiger partial charge in [0.25, 0.3) is 5.91 Å². The summed E-state index contributed by atoms with van der Waals surface area (Å²) in [5, 5.41) is 13.9. The van der Waals surface area contributed by atoms with Crippen molar-refractivity contribution in [2.75, 3.05) is 5.32 Å². The Morgan fingerprint density at radius 3 is 2.32 bits per heavy atom. The Bertz CT molecular complexity index is 1120. The van der Waals surface area contributed by atoms with E-state index in [1.165, 1.54) is 11.0 Å². The van der Waals surface area contributed by atoms with E-state index < -0.39 is 0 Å². The number of ketones is 1. The molecule has 0 bridgehead atoms. The van der Waals surface area contributed by atoms with E-state index in [4.69, 9.17) is 0 Å². The van der Waals surface area contributed by atoms with E-state index in [1.54, 1.807) is 66.7 Å². The molecule has 3 aromatic carbocycles. The second kappa shape index (κ2) is 7.63. The van der Waals surface area contributed by atoms with Crippen LogP contribution in [0.3, 0.4) is 0 Å². The summed E-state index contributed by atoms with van der Waals surface area (Å²) >= 11 is 0.